The van der Waals surface area contributed by atoms with Gasteiger partial charge in [-0.05, 0) is 55.2 Å². The van der Waals surface area contributed by atoms with Crippen molar-refractivity contribution in [3.05, 3.63) is 59.7 Å². The second-order valence-corrected chi connectivity index (χ2v) is 10.7. The molecule has 7 nitrogen and oxygen atoms in total. The molecule has 0 aliphatic carbocycles. The van der Waals surface area contributed by atoms with Gasteiger partial charge in [-0.3, -0.25) is 0 Å². The van der Waals surface area contributed by atoms with Crippen molar-refractivity contribution >= 4 is 45.2 Å². The SMILES string of the molecule is CC(CCc1ccc(O)cc1)NCC(O)c1ccc(OS(=O)(=O)OCC(Cl)(Cl)Cl)cc1. The summed E-state index contributed by atoms with van der Waals surface area (Å²) in [6.07, 6.45) is 0.907. The minimum atomic E-state index is -4.40. The Hall–Kier alpha value is -1.26. The van der Waals surface area contributed by atoms with Crippen LogP contribution in [0.5, 0.6) is 11.5 Å². The molecule has 0 radical (unpaired) electrons. The topological polar surface area (TPSA) is 105 Å². The standard InChI is InChI=1S/C20H24Cl3NO6S/c1-14(2-3-15-4-8-17(25)9-5-15)24-12-19(26)16-6-10-18(11-7-16)30-31(27,28)29-13-20(21,22)23/h4-11,14,19,24-26H,2-3,12-13H2,1H3. The van der Waals surface area contributed by atoms with Gasteiger partial charge in [0.2, 0.25) is 3.79 Å². The van der Waals surface area contributed by atoms with E-state index in [0.717, 1.165) is 18.4 Å². The normalized spacial score (nSPS) is 14.2. The van der Waals surface area contributed by atoms with E-state index in [1.807, 2.05) is 19.1 Å². The van der Waals surface area contributed by atoms with Gasteiger partial charge in [0.25, 0.3) is 0 Å². The minimum Gasteiger partial charge on any atom is -0.508 e. The summed E-state index contributed by atoms with van der Waals surface area (Å²) in [4.78, 5) is 0. The van der Waals surface area contributed by atoms with Crippen LogP contribution in [0.15, 0.2) is 48.5 Å². The average molecular weight is 513 g/mol. The molecule has 2 rings (SSSR count). The Morgan fingerprint density at radius 2 is 1.68 bits per heavy atom. The molecule has 2 aromatic carbocycles. The number of aryl methyl sites for hydroxylation is 1. The van der Waals surface area contributed by atoms with E-state index >= 15 is 0 Å². The van der Waals surface area contributed by atoms with Gasteiger partial charge in [0.05, 0.1) is 6.10 Å². The van der Waals surface area contributed by atoms with Crippen LogP contribution < -0.4 is 9.50 Å². The predicted octanol–water partition coefficient (Wildman–Crippen LogP) is 4.05. The van der Waals surface area contributed by atoms with Crippen LogP contribution in [-0.2, 0) is 21.0 Å². The Balaban J connectivity index is 1.79. The number of aliphatic hydroxyl groups excluding tert-OH is 1. The molecule has 0 aliphatic rings. The smallest absolute Gasteiger partial charge is 0.449 e. The third-order valence-corrected chi connectivity index (χ3v) is 5.42. The summed E-state index contributed by atoms with van der Waals surface area (Å²) in [5.74, 6) is 0.234. The van der Waals surface area contributed by atoms with Crippen molar-refractivity contribution in [1.82, 2.24) is 5.32 Å². The molecule has 2 atom stereocenters. The van der Waals surface area contributed by atoms with E-state index in [2.05, 4.69) is 9.50 Å². The molecule has 0 fully saturated rings. The molecule has 3 N–H and O–H groups in total. The molecule has 172 valence electrons. The summed E-state index contributed by atoms with van der Waals surface area (Å²) in [5.41, 5.74) is 1.71. The van der Waals surface area contributed by atoms with Crippen LogP contribution in [0, 0.1) is 0 Å². The fourth-order valence-electron chi connectivity index (χ4n) is 2.60. The maximum absolute atomic E-state index is 11.7. The monoisotopic (exact) mass is 511 g/mol. The number of alkyl halides is 3. The van der Waals surface area contributed by atoms with Gasteiger partial charge in [-0.1, -0.05) is 59.1 Å². The van der Waals surface area contributed by atoms with Crippen LogP contribution in [0.1, 0.15) is 30.6 Å². The number of phenolic OH excluding ortho intramolecular Hbond substituents is 1. The van der Waals surface area contributed by atoms with E-state index in [9.17, 15) is 18.6 Å². The van der Waals surface area contributed by atoms with Crippen LogP contribution in [0.2, 0.25) is 0 Å². The third-order valence-electron chi connectivity index (χ3n) is 4.29. The Kier molecular flexibility index (Phi) is 9.69. The number of halogens is 3. The molecule has 0 aliphatic heterocycles. The zero-order valence-corrected chi connectivity index (χ0v) is 19.8. The van der Waals surface area contributed by atoms with Gasteiger partial charge >= 0.3 is 10.4 Å². The van der Waals surface area contributed by atoms with Crippen molar-refractivity contribution in [2.45, 2.75) is 35.7 Å². The Labute approximate surface area is 197 Å². The van der Waals surface area contributed by atoms with Crippen LogP contribution in [0.3, 0.4) is 0 Å². The zero-order chi connectivity index (χ0) is 23.1. The van der Waals surface area contributed by atoms with E-state index in [0.29, 0.717) is 12.1 Å². The van der Waals surface area contributed by atoms with E-state index < -0.39 is 26.9 Å². The molecule has 31 heavy (non-hydrogen) atoms. The lowest BCUT2D eigenvalue weighted by Crippen LogP contribution is -2.30. The van der Waals surface area contributed by atoms with Gasteiger partial charge in [0.15, 0.2) is 0 Å². The van der Waals surface area contributed by atoms with Crippen molar-refractivity contribution in [3.8, 4) is 11.5 Å². The van der Waals surface area contributed by atoms with Crippen molar-refractivity contribution < 1.29 is 27.0 Å². The first-order chi connectivity index (χ1) is 14.4. The number of rotatable bonds is 11. The average Bonchev–Trinajstić information content (AvgIpc) is 2.70. The first-order valence-corrected chi connectivity index (χ1v) is 11.9. The van der Waals surface area contributed by atoms with Crippen molar-refractivity contribution in [3.63, 3.8) is 0 Å². The lowest BCUT2D eigenvalue weighted by molar-refractivity contribution is 0.170. The number of aliphatic hydroxyl groups is 1. The molecule has 2 aromatic rings. The summed E-state index contributed by atoms with van der Waals surface area (Å²) >= 11 is 16.3. The van der Waals surface area contributed by atoms with E-state index in [4.69, 9.17) is 39.0 Å². The molecule has 0 aromatic heterocycles. The predicted molar refractivity (Wildman–Crippen MR) is 121 cm³/mol. The molecular weight excluding hydrogens is 489 g/mol. The Morgan fingerprint density at radius 1 is 1.06 bits per heavy atom. The van der Waals surface area contributed by atoms with Gasteiger partial charge < -0.3 is 19.7 Å². The van der Waals surface area contributed by atoms with Crippen molar-refractivity contribution in [2.24, 2.45) is 0 Å². The zero-order valence-electron chi connectivity index (χ0n) is 16.7. The van der Waals surface area contributed by atoms with Gasteiger partial charge in [-0.2, -0.15) is 8.42 Å². The summed E-state index contributed by atoms with van der Waals surface area (Å²) in [6.45, 7) is 1.65. The van der Waals surface area contributed by atoms with Crippen LogP contribution >= 0.6 is 34.8 Å². The fraction of sp³-hybridized carbons (Fsp3) is 0.400. The number of phenols is 1. The second kappa shape index (κ2) is 11.6. The third kappa shape index (κ3) is 10.3. The molecule has 0 saturated heterocycles. The first-order valence-electron chi connectivity index (χ1n) is 9.38. The molecule has 0 amide bonds. The molecule has 0 saturated carbocycles. The number of aromatic hydroxyl groups is 1. The highest BCUT2D eigenvalue weighted by Gasteiger charge is 2.25. The molecule has 0 bridgehead atoms. The molecule has 2 unspecified atom stereocenters. The summed E-state index contributed by atoms with van der Waals surface area (Å²) in [5, 5.41) is 22.9. The Bertz CT molecular complexity index is 917. The lowest BCUT2D eigenvalue weighted by Gasteiger charge is -2.18. The van der Waals surface area contributed by atoms with Gasteiger partial charge in [0.1, 0.15) is 18.1 Å². The van der Waals surface area contributed by atoms with E-state index in [1.54, 1.807) is 24.3 Å². The number of nitrogens with one attached hydrogen (secondary N) is 1. The molecule has 0 spiro atoms. The van der Waals surface area contributed by atoms with E-state index in [1.165, 1.54) is 12.1 Å². The van der Waals surface area contributed by atoms with Crippen molar-refractivity contribution in [1.29, 1.82) is 0 Å². The highest BCUT2D eigenvalue weighted by atomic mass is 35.6. The van der Waals surface area contributed by atoms with Crippen LogP contribution in [0.25, 0.3) is 0 Å². The molecule has 0 heterocycles. The Morgan fingerprint density at radius 3 is 2.26 bits per heavy atom. The highest BCUT2D eigenvalue weighted by molar-refractivity contribution is 7.82. The van der Waals surface area contributed by atoms with Gasteiger partial charge in [-0.15, -0.1) is 0 Å². The summed E-state index contributed by atoms with van der Waals surface area (Å²) in [7, 11) is -4.40. The number of hydrogen-bond donors (Lipinski definition) is 3. The largest absolute Gasteiger partial charge is 0.508 e. The molecular formula is C20H24Cl3NO6S. The van der Waals surface area contributed by atoms with E-state index in [-0.39, 0.29) is 17.5 Å². The number of benzene rings is 2. The quantitative estimate of drug-likeness (QED) is 0.390. The van der Waals surface area contributed by atoms with Gasteiger partial charge in [0, 0.05) is 12.6 Å². The lowest BCUT2D eigenvalue weighted by atomic mass is 10.1. The minimum absolute atomic E-state index is 0.00417. The second-order valence-electron chi connectivity index (χ2n) is 6.97. The summed E-state index contributed by atoms with van der Waals surface area (Å²) in [6, 6.07) is 13.1. The maximum atomic E-state index is 11.7. The summed E-state index contributed by atoms with van der Waals surface area (Å²) < 4.78 is 30.8. The fourth-order valence-corrected chi connectivity index (χ4v) is 3.68. The highest BCUT2D eigenvalue weighted by Crippen LogP contribution is 2.27. The van der Waals surface area contributed by atoms with Gasteiger partial charge in [-0.25, -0.2) is 4.18 Å². The van der Waals surface area contributed by atoms with Crippen LogP contribution in [-0.4, -0.2) is 41.6 Å². The van der Waals surface area contributed by atoms with Crippen molar-refractivity contribution in [2.75, 3.05) is 13.2 Å². The number of hydrogen-bond acceptors (Lipinski definition) is 7. The molecule has 11 heteroatoms. The maximum Gasteiger partial charge on any atom is 0.449 e. The van der Waals surface area contributed by atoms with Crippen LogP contribution in [0.4, 0.5) is 0 Å². The first kappa shape index (κ1) is 26.0.